The Labute approximate surface area is 106 Å². The van der Waals surface area contributed by atoms with Crippen LogP contribution < -0.4 is 11.3 Å². The number of thioether (sulfide) groups is 1. The smallest absolute Gasteiger partial charge is 0.148 e. The van der Waals surface area contributed by atoms with E-state index in [9.17, 15) is 0 Å². The molecule has 5 heteroatoms. The molecule has 0 spiro atoms. The second-order valence-electron chi connectivity index (χ2n) is 4.83. The third kappa shape index (κ3) is 2.13. The summed E-state index contributed by atoms with van der Waals surface area (Å²) in [5, 5.41) is 0. The predicted octanol–water partition coefficient (Wildman–Crippen LogP) is 2.56. The maximum absolute atomic E-state index is 5.57. The summed E-state index contributed by atoms with van der Waals surface area (Å²) in [6.07, 6.45) is 6.45. The van der Waals surface area contributed by atoms with E-state index in [-0.39, 0.29) is 0 Å². The number of hydrogen-bond donors (Lipinski definition) is 2. The second kappa shape index (κ2) is 4.82. The average Bonchev–Trinajstić information content (AvgIpc) is 2.86. The molecule has 0 amide bonds. The highest BCUT2D eigenvalue weighted by Crippen LogP contribution is 2.36. The van der Waals surface area contributed by atoms with Crippen LogP contribution in [0.3, 0.4) is 0 Å². The van der Waals surface area contributed by atoms with Gasteiger partial charge in [0.1, 0.15) is 11.6 Å². The number of nitrogen functional groups attached to an aromatic ring is 1. The fraction of sp³-hybridized carbons (Fsp3) is 0.667. The van der Waals surface area contributed by atoms with E-state index < -0.39 is 0 Å². The molecule has 1 aromatic heterocycles. The van der Waals surface area contributed by atoms with Crippen molar-refractivity contribution in [1.82, 2.24) is 9.97 Å². The predicted molar refractivity (Wildman–Crippen MR) is 70.7 cm³/mol. The molecule has 0 atom stereocenters. The number of hydrazine groups is 1. The molecule has 0 saturated heterocycles. The van der Waals surface area contributed by atoms with Crippen molar-refractivity contribution in [1.29, 1.82) is 0 Å². The third-order valence-corrected chi connectivity index (χ3v) is 4.67. The first-order chi connectivity index (χ1) is 8.38. The number of nitrogens with two attached hydrogens (primary N) is 1. The number of rotatable bonds is 2. The highest BCUT2D eigenvalue weighted by atomic mass is 32.2. The van der Waals surface area contributed by atoms with Gasteiger partial charge in [-0.25, -0.2) is 15.8 Å². The van der Waals surface area contributed by atoms with Crippen LogP contribution in [0.1, 0.15) is 55.1 Å². The van der Waals surface area contributed by atoms with Crippen molar-refractivity contribution in [2.24, 2.45) is 5.84 Å². The molecule has 17 heavy (non-hydrogen) atoms. The minimum absolute atomic E-state index is 0.548. The molecule has 1 aromatic rings. The monoisotopic (exact) mass is 250 g/mol. The van der Waals surface area contributed by atoms with E-state index >= 15 is 0 Å². The van der Waals surface area contributed by atoms with Crippen molar-refractivity contribution >= 4 is 17.6 Å². The maximum atomic E-state index is 5.57. The maximum Gasteiger partial charge on any atom is 0.148 e. The molecule has 2 aliphatic rings. The van der Waals surface area contributed by atoms with Crippen molar-refractivity contribution in [3.05, 3.63) is 17.1 Å². The Kier molecular flexibility index (Phi) is 3.20. The van der Waals surface area contributed by atoms with Crippen LogP contribution in [0.25, 0.3) is 0 Å². The zero-order chi connectivity index (χ0) is 11.7. The van der Waals surface area contributed by atoms with E-state index in [0.29, 0.717) is 5.92 Å². The molecule has 0 unspecified atom stereocenters. The lowest BCUT2D eigenvalue weighted by Gasteiger charge is -2.21. The summed E-state index contributed by atoms with van der Waals surface area (Å²) in [5.41, 5.74) is 5.14. The Morgan fingerprint density at radius 3 is 2.71 bits per heavy atom. The summed E-state index contributed by atoms with van der Waals surface area (Å²) in [6, 6.07) is 0. The molecule has 3 rings (SSSR count). The van der Waals surface area contributed by atoms with Crippen molar-refractivity contribution in [2.75, 3.05) is 5.43 Å². The van der Waals surface area contributed by atoms with Gasteiger partial charge in [0.25, 0.3) is 0 Å². The van der Waals surface area contributed by atoms with Crippen LogP contribution in [-0.2, 0) is 11.5 Å². The first-order valence-electron chi connectivity index (χ1n) is 6.32. The molecule has 1 aliphatic carbocycles. The van der Waals surface area contributed by atoms with Gasteiger partial charge in [0.15, 0.2) is 0 Å². The fourth-order valence-electron chi connectivity index (χ4n) is 2.73. The number of hydrogen-bond acceptors (Lipinski definition) is 5. The van der Waals surface area contributed by atoms with E-state index in [0.717, 1.165) is 23.1 Å². The van der Waals surface area contributed by atoms with Crippen LogP contribution >= 0.6 is 11.8 Å². The lowest BCUT2D eigenvalue weighted by Crippen LogP contribution is -2.16. The van der Waals surface area contributed by atoms with E-state index in [1.807, 2.05) is 11.8 Å². The van der Waals surface area contributed by atoms with Gasteiger partial charge in [-0.3, -0.25) is 0 Å². The molecule has 1 aliphatic heterocycles. The van der Waals surface area contributed by atoms with Gasteiger partial charge in [0, 0.05) is 23.0 Å². The minimum Gasteiger partial charge on any atom is -0.308 e. The van der Waals surface area contributed by atoms with Crippen LogP contribution in [0.15, 0.2) is 0 Å². The van der Waals surface area contributed by atoms with Gasteiger partial charge >= 0.3 is 0 Å². The SMILES string of the molecule is NNc1nc(C2CCCCC2)nc2c1CSC2. The minimum atomic E-state index is 0.548. The fourth-order valence-corrected chi connectivity index (χ4v) is 3.77. The van der Waals surface area contributed by atoms with E-state index in [1.54, 1.807) is 0 Å². The Balaban J connectivity index is 1.94. The van der Waals surface area contributed by atoms with Gasteiger partial charge in [-0.05, 0) is 12.8 Å². The molecule has 4 nitrogen and oxygen atoms in total. The zero-order valence-corrected chi connectivity index (χ0v) is 10.7. The van der Waals surface area contributed by atoms with Gasteiger partial charge in [-0.15, -0.1) is 0 Å². The van der Waals surface area contributed by atoms with Crippen molar-refractivity contribution < 1.29 is 0 Å². The van der Waals surface area contributed by atoms with Gasteiger partial charge in [0.2, 0.25) is 0 Å². The Hall–Kier alpha value is -0.810. The number of nitrogens with zero attached hydrogens (tertiary/aromatic N) is 2. The zero-order valence-electron chi connectivity index (χ0n) is 9.91. The number of anilines is 1. The molecule has 1 fully saturated rings. The summed E-state index contributed by atoms with van der Waals surface area (Å²) in [5.74, 6) is 9.97. The Morgan fingerprint density at radius 1 is 1.12 bits per heavy atom. The number of fused-ring (bicyclic) bond motifs is 1. The van der Waals surface area contributed by atoms with Gasteiger partial charge < -0.3 is 5.43 Å². The quantitative estimate of drug-likeness (QED) is 0.624. The standard InChI is InChI=1S/C12H18N4S/c13-16-12-9-6-17-7-10(9)14-11(15-12)8-4-2-1-3-5-8/h8H,1-7,13H2,(H,14,15,16). The summed E-state index contributed by atoms with van der Waals surface area (Å²) >= 11 is 1.89. The lowest BCUT2D eigenvalue weighted by atomic mass is 9.88. The Morgan fingerprint density at radius 2 is 1.94 bits per heavy atom. The normalized spacial score (nSPS) is 20.3. The highest BCUT2D eigenvalue weighted by molar-refractivity contribution is 7.98. The molecule has 0 radical (unpaired) electrons. The van der Waals surface area contributed by atoms with Gasteiger partial charge in [-0.2, -0.15) is 11.8 Å². The molecule has 92 valence electrons. The summed E-state index contributed by atoms with van der Waals surface area (Å²) in [6.45, 7) is 0. The van der Waals surface area contributed by atoms with Crippen molar-refractivity contribution in [2.45, 2.75) is 49.5 Å². The molecule has 1 saturated carbocycles. The first-order valence-corrected chi connectivity index (χ1v) is 7.48. The van der Waals surface area contributed by atoms with Gasteiger partial charge in [-0.1, -0.05) is 19.3 Å². The molecule has 0 aromatic carbocycles. The molecular weight excluding hydrogens is 232 g/mol. The third-order valence-electron chi connectivity index (χ3n) is 3.70. The highest BCUT2D eigenvalue weighted by Gasteiger charge is 2.24. The largest absolute Gasteiger partial charge is 0.308 e. The van der Waals surface area contributed by atoms with Crippen LogP contribution in [-0.4, -0.2) is 9.97 Å². The van der Waals surface area contributed by atoms with E-state index in [1.165, 1.54) is 43.4 Å². The second-order valence-corrected chi connectivity index (χ2v) is 5.81. The summed E-state index contributed by atoms with van der Waals surface area (Å²) in [7, 11) is 0. The van der Waals surface area contributed by atoms with E-state index in [2.05, 4.69) is 10.4 Å². The van der Waals surface area contributed by atoms with Crippen LogP contribution in [0.2, 0.25) is 0 Å². The molecule has 2 heterocycles. The lowest BCUT2D eigenvalue weighted by molar-refractivity contribution is 0.428. The summed E-state index contributed by atoms with van der Waals surface area (Å²) in [4.78, 5) is 9.38. The molecule has 3 N–H and O–H groups in total. The number of nitrogens with one attached hydrogen (secondary N) is 1. The molecule has 0 bridgehead atoms. The van der Waals surface area contributed by atoms with Gasteiger partial charge in [0.05, 0.1) is 5.69 Å². The summed E-state index contributed by atoms with van der Waals surface area (Å²) < 4.78 is 0. The van der Waals surface area contributed by atoms with Crippen LogP contribution in [0.4, 0.5) is 5.82 Å². The van der Waals surface area contributed by atoms with Crippen LogP contribution in [0.5, 0.6) is 0 Å². The van der Waals surface area contributed by atoms with Crippen molar-refractivity contribution in [3.8, 4) is 0 Å². The van der Waals surface area contributed by atoms with Crippen molar-refractivity contribution in [3.63, 3.8) is 0 Å². The topological polar surface area (TPSA) is 63.8 Å². The molecular formula is C12H18N4S. The first kappa shape index (κ1) is 11.3. The number of aromatic nitrogens is 2. The average molecular weight is 250 g/mol. The Bertz CT molecular complexity index is 415. The van der Waals surface area contributed by atoms with Crippen LogP contribution in [0, 0.1) is 0 Å². The van der Waals surface area contributed by atoms with E-state index in [4.69, 9.17) is 10.8 Å².